The molecule has 0 fully saturated rings. The van der Waals surface area contributed by atoms with Gasteiger partial charge in [0.25, 0.3) is 0 Å². The topological polar surface area (TPSA) is 60.4 Å². The van der Waals surface area contributed by atoms with Crippen LogP contribution in [0, 0.1) is 0 Å². The maximum absolute atomic E-state index is 12.0. The normalized spacial score (nSPS) is 23.0. The van der Waals surface area contributed by atoms with Gasteiger partial charge in [0, 0.05) is 13.0 Å². The van der Waals surface area contributed by atoms with Gasteiger partial charge >= 0.3 is 12.0 Å². The van der Waals surface area contributed by atoms with E-state index in [0.29, 0.717) is 25.7 Å². The molecule has 0 bridgehead atoms. The maximum Gasteiger partial charge on any atom is 0.331 e. The van der Waals surface area contributed by atoms with Gasteiger partial charge in [-0.2, -0.15) is 0 Å². The van der Waals surface area contributed by atoms with E-state index in [1.54, 1.807) is 6.92 Å². The number of anilines is 1. The molecule has 2 aliphatic rings. The predicted molar refractivity (Wildman–Crippen MR) is 77.4 cm³/mol. The molecule has 0 radical (unpaired) electrons. The standard InChI is InChI=1S/C15H18N2O4/c1-3-19-13-9-10(14(18)20-4-2)16-15-17(13)11-7-5-6-8-12(11)21-15/h5-8,10,13H,3-4,9H2,1-2H3/t10-,13+/m0/s1. The van der Waals surface area contributed by atoms with Gasteiger partial charge in [-0.05, 0) is 26.0 Å². The second-order valence-electron chi connectivity index (χ2n) is 4.77. The lowest BCUT2D eigenvalue weighted by Crippen LogP contribution is -2.49. The van der Waals surface area contributed by atoms with E-state index in [1.165, 1.54) is 0 Å². The van der Waals surface area contributed by atoms with E-state index in [9.17, 15) is 4.79 Å². The number of ether oxygens (including phenoxy) is 3. The summed E-state index contributed by atoms with van der Waals surface area (Å²) in [6, 6.07) is 7.48. The highest BCUT2D eigenvalue weighted by molar-refractivity contribution is 6.02. The summed E-state index contributed by atoms with van der Waals surface area (Å²) in [5, 5.41) is 0. The fourth-order valence-corrected chi connectivity index (χ4v) is 2.56. The number of fused-ring (bicyclic) bond motifs is 3. The Morgan fingerprint density at radius 1 is 1.38 bits per heavy atom. The van der Waals surface area contributed by atoms with Gasteiger partial charge in [-0.3, -0.25) is 4.90 Å². The van der Waals surface area contributed by atoms with E-state index in [0.717, 1.165) is 11.4 Å². The van der Waals surface area contributed by atoms with Gasteiger partial charge in [-0.25, -0.2) is 9.79 Å². The van der Waals surface area contributed by atoms with Crippen molar-refractivity contribution in [2.75, 3.05) is 18.1 Å². The van der Waals surface area contributed by atoms with Crippen LogP contribution in [0.4, 0.5) is 5.69 Å². The summed E-state index contributed by atoms with van der Waals surface area (Å²) in [4.78, 5) is 18.2. The van der Waals surface area contributed by atoms with Crippen LogP contribution in [0.3, 0.4) is 0 Å². The molecular weight excluding hydrogens is 272 g/mol. The molecule has 112 valence electrons. The summed E-state index contributed by atoms with van der Waals surface area (Å²) in [6.07, 6.45) is 0.175. The van der Waals surface area contributed by atoms with Crippen LogP contribution in [0.5, 0.6) is 5.75 Å². The number of aliphatic imine (C=N–C) groups is 1. The molecule has 2 atom stereocenters. The number of hydrogen-bond donors (Lipinski definition) is 0. The Labute approximate surface area is 123 Å². The monoisotopic (exact) mass is 290 g/mol. The third-order valence-electron chi connectivity index (χ3n) is 3.43. The summed E-state index contributed by atoms with van der Waals surface area (Å²) in [6.45, 7) is 4.59. The molecule has 3 rings (SSSR count). The summed E-state index contributed by atoms with van der Waals surface area (Å²) < 4.78 is 16.6. The number of amidine groups is 1. The number of para-hydroxylation sites is 2. The lowest BCUT2D eigenvalue weighted by Gasteiger charge is -2.33. The highest BCUT2D eigenvalue weighted by atomic mass is 16.6. The maximum atomic E-state index is 12.0. The molecule has 21 heavy (non-hydrogen) atoms. The van der Waals surface area contributed by atoms with Gasteiger partial charge in [0.1, 0.15) is 6.23 Å². The Bertz CT molecular complexity index is 573. The average molecular weight is 290 g/mol. The van der Waals surface area contributed by atoms with Gasteiger partial charge < -0.3 is 14.2 Å². The molecule has 0 saturated heterocycles. The second kappa shape index (κ2) is 5.73. The molecule has 0 N–H and O–H groups in total. The van der Waals surface area contributed by atoms with Crippen molar-refractivity contribution in [1.82, 2.24) is 0 Å². The number of esters is 1. The minimum atomic E-state index is -0.581. The lowest BCUT2D eigenvalue weighted by molar-refractivity contribution is -0.145. The quantitative estimate of drug-likeness (QED) is 0.793. The Kier molecular flexibility index (Phi) is 3.79. The van der Waals surface area contributed by atoms with Gasteiger partial charge in [0.05, 0.1) is 12.3 Å². The van der Waals surface area contributed by atoms with E-state index in [-0.39, 0.29) is 12.2 Å². The number of rotatable bonds is 4. The number of hydrogen-bond acceptors (Lipinski definition) is 6. The lowest BCUT2D eigenvalue weighted by atomic mass is 10.1. The van der Waals surface area contributed by atoms with Crippen molar-refractivity contribution in [2.45, 2.75) is 32.5 Å². The Morgan fingerprint density at radius 3 is 2.95 bits per heavy atom. The van der Waals surface area contributed by atoms with Crippen molar-refractivity contribution in [3.63, 3.8) is 0 Å². The van der Waals surface area contributed by atoms with Crippen LogP contribution in [0.15, 0.2) is 29.3 Å². The molecule has 0 unspecified atom stereocenters. The molecule has 6 nitrogen and oxygen atoms in total. The van der Waals surface area contributed by atoms with E-state index in [1.807, 2.05) is 36.1 Å². The first-order valence-electron chi connectivity index (χ1n) is 7.16. The average Bonchev–Trinajstić information content (AvgIpc) is 2.86. The molecular formula is C15H18N2O4. The molecule has 0 spiro atoms. The van der Waals surface area contributed by atoms with Crippen molar-refractivity contribution < 1.29 is 19.0 Å². The third kappa shape index (κ3) is 2.47. The third-order valence-corrected chi connectivity index (χ3v) is 3.43. The minimum absolute atomic E-state index is 0.277. The highest BCUT2D eigenvalue weighted by Crippen LogP contribution is 2.39. The number of nitrogens with zero attached hydrogens (tertiary/aromatic N) is 2. The van der Waals surface area contributed by atoms with Gasteiger partial charge in [0.15, 0.2) is 11.8 Å². The first-order valence-corrected chi connectivity index (χ1v) is 7.16. The van der Waals surface area contributed by atoms with E-state index in [4.69, 9.17) is 14.2 Å². The number of carbonyl (C=O) groups is 1. The smallest absolute Gasteiger partial charge is 0.331 e. The number of benzene rings is 1. The van der Waals surface area contributed by atoms with Crippen LogP contribution in [0.2, 0.25) is 0 Å². The van der Waals surface area contributed by atoms with Gasteiger partial charge in [0.2, 0.25) is 0 Å². The molecule has 1 aromatic carbocycles. The Morgan fingerprint density at radius 2 is 2.19 bits per heavy atom. The summed E-state index contributed by atoms with van der Waals surface area (Å²) in [5.41, 5.74) is 0.914. The van der Waals surface area contributed by atoms with Crippen LogP contribution >= 0.6 is 0 Å². The highest BCUT2D eigenvalue weighted by Gasteiger charge is 2.41. The van der Waals surface area contributed by atoms with Crippen LogP contribution in [-0.2, 0) is 14.3 Å². The first kappa shape index (κ1) is 13.9. The van der Waals surface area contributed by atoms with E-state index in [2.05, 4.69) is 4.99 Å². The summed E-state index contributed by atoms with van der Waals surface area (Å²) >= 11 is 0. The SMILES string of the molecule is CCOC(=O)[C@@H]1C[C@@H](OCC)N2C(=N1)Oc1ccccc12. The first-order chi connectivity index (χ1) is 10.2. The molecule has 6 heteroatoms. The molecule has 2 heterocycles. The molecule has 1 aromatic rings. The van der Waals surface area contributed by atoms with Crippen LogP contribution in [0.1, 0.15) is 20.3 Å². The molecule has 2 aliphatic heterocycles. The zero-order valence-electron chi connectivity index (χ0n) is 12.1. The van der Waals surface area contributed by atoms with Crippen molar-refractivity contribution in [3.8, 4) is 5.75 Å². The van der Waals surface area contributed by atoms with Crippen molar-refractivity contribution in [2.24, 2.45) is 4.99 Å². The van der Waals surface area contributed by atoms with Crippen LogP contribution in [0.25, 0.3) is 0 Å². The van der Waals surface area contributed by atoms with Crippen molar-refractivity contribution >= 4 is 17.7 Å². The molecule has 0 aliphatic carbocycles. The van der Waals surface area contributed by atoms with E-state index < -0.39 is 6.04 Å². The zero-order valence-corrected chi connectivity index (χ0v) is 12.1. The summed E-state index contributed by atoms with van der Waals surface area (Å²) in [7, 11) is 0. The minimum Gasteiger partial charge on any atom is -0.464 e. The van der Waals surface area contributed by atoms with Crippen LogP contribution in [-0.4, -0.2) is 37.5 Å². The van der Waals surface area contributed by atoms with Crippen molar-refractivity contribution in [1.29, 1.82) is 0 Å². The van der Waals surface area contributed by atoms with Crippen LogP contribution < -0.4 is 9.64 Å². The second-order valence-corrected chi connectivity index (χ2v) is 4.77. The Hall–Kier alpha value is -2.08. The predicted octanol–water partition coefficient (Wildman–Crippen LogP) is 1.94. The largest absolute Gasteiger partial charge is 0.464 e. The van der Waals surface area contributed by atoms with Gasteiger partial charge in [-0.15, -0.1) is 0 Å². The molecule has 0 aromatic heterocycles. The molecule has 0 amide bonds. The van der Waals surface area contributed by atoms with E-state index >= 15 is 0 Å². The zero-order chi connectivity index (χ0) is 14.8. The number of carbonyl (C=O) groups excluding carboxylic acids is 1. The fraction of sp³-hybridized carbons (Fsp3) is 0.467. The van der Waals surface area contributed by atoms with Crippen molar-refractivity contribution in [3.05, 3.63) is 24.3 Å². The fourth-order valence-electron chi connectivity index (χ4n) is 2.56. The van der Waals surface area contributed by atoms with Gasteiger partial charge in [-0.1, -0.05) is 12.1 Å². The molecule has 0 saturated carbocycles. The summed E-state index contributed by atoms with van der Waals surface area (Å²) in [5.74, 6) is 0.388. The Balaban J connectivity index is 1.93.